The van der Waals surface area contributed by atoms with Crippen LogP contribution in [0.15, 0.2) is 84.9 Å². The average molecular weight is 546 g/mol. The largest absolute Gasteiger partial charge is 0.507 e. The molecule has 40 heavy (non-hydrogen) atoms. The maximum atomic E-state index is 13.4. The van der Waals surface area contributed by atoms with Gasteiger partial charge < -0.3 is 30.8 Å². The number of aliphatic hydroxyl groups excluding tert-OH is 3. The number of amides is 1. The molecule has 0 saturated carbocycles. The third kappa shape index (κ3) is 7.11. The predicted octanol–water partition coefficient (Wildman–Crippen LogP) is 2.45. The molecule has 1 amide bonds. The Bertz CT molecular complexity index is 1440. The lowest BCUT2D eigenvalue weighted by Gasteiger charge is -2.21. The number of aliphatic carboxylic acids is 1. The smallest absolute Gasteiger partial charge is 0.332 e. The molecule has 0 bridgehead atoms. The molecule has 4 aromatic rings. The molecule has 1 aromatic heterocycles. The van der Waals surface area contributed by atoms with Crippen LogP contribution in [0.2, 0.25) is 0 Å². The van der Waals surface area contributed by atoms with Crippen LogP contribution in [-0.4, -0.2) is 72.0 Å². The highest BCUT2D eigenvalue weighted by Crippen LogP contribution is 2.28. The van der Waals surface area contributed by atoms with E-state index in [-0.39, 0.29) is 36.5 Å². The van der Waals surface area contributed by atoms with Gasteiger partial charge in [0.1, 0.15) is 11.4 Å². The first-order chi connectivity index (χ1) is 19.2. The molecule has 4 rings (SSSR count). The summed E-state index contributed by atoms with van der Waals surface area (Å²) in [6, 6.07) is 24.5. The molecule has 0 spiro atoms. The Hall–Kier alpha value is -4.51. The average Bonchev–Trinajstić information content (AvgIpc) is 3.37. The molecule has 0 fully saturated rings. The van der Waals surface area contributed by atoms with Crippen LogP contribution in [0.5, 0.6) is 5.75 Å². The summed E-state index contributed by atoms with van der Waals surface area (Å²) in [4.78, 5) is 24.8. The molecule has 0 aliphatic carbocycles. The monoisotopic (exact) mass is 545 g/mol. The third-order valence-corrected chi connectivity index (χ3v) is 6.46. The van der Waals surface area contributed by atoms with Gasteiger partial charge in [0.25, 0.3) is 5.91 Å². The fourth-order valence-corrected chi connectivity index (χ4v) is 4.39. The van der Waals surface area contributed by atoms with Crippen molar-refractivity contribution in [3.8, 4) is 28.1 Å². The van der Waals surface area contributed by atoms with Gasteiger partial charge in [-0.3, -0.25) is 9.48 Å². The quantitative estimate of drug-likeness (QED) is 0.158. The molecule has 10 nitrogen and oxygen atoms in total. The van der Waals surface area contributed by atoms with Gasteiger partial charge in [-0.25, -0.2) is 4.79 Å². The SMILES string of the molecule is O=C(NC(Cc1ccc(-c2ccccc2)cc1)CC(O)C(=O)O)c1cc(-c2ccccc2O)nn1CC(O)CO. The van der Waals surface area contributed by atoms with Crippen LogP contribution in [0.25, 0.3) is 22.4 Å². The van der Waals surface area contributed by atoms with Crippen LogP contribution in [0.3, 0.4) is 0 Å². The van der Waals surface area contributed by atoms with Gasteiger partial charge in [0.05, 0.1) is 24.9 Å². The van der Waals surface area contributed by atoms with Crippen molar-refractivity contribution in [2.45, 2.75) is 37.6 Å². The van der Waals surface area contributed by atoms with Crippen molar-refractivity contribution >= 4 is 11.9 Å². The Labute approximate surface area is 230 Å². The minimum absolute atomic E-state index is 0.0278. The van der Waals surface area contributed by atoms with Crippen molar-refractivity contribution in [1.82, 2.24) is 15.1 Å². The number of carboxylic acid groups (broad SMARTS) is 1. The molecule has 0 saturated heterocycles. The number of rotatable bonds is 12. The summed E-state index contributed by atoms with van der Waals surface area (Å²) in [5.74, 6) is -2.08. The lowest BCUT2D eigenvalue weighted by atomic mass is 9.97. The molecule has 0 radical (unpaired) electrons. The van der Waals surface area contributed by atoms with E-state index in [1.54, 1.807) is 18.2 Å². The highest BCUT2D eigenvalue weighted by atomic mass is 16.4. The van der Waals surface area contributed by atoms with E-state index in [2.05, 4.69) is 10.4 Å². The Morgan fingerprint density at radius 2 is 1.55 bits per heavy atom. The molecule has 3 aromatic carbocycles. The highest BCUT2D eigenvalue weighted by molar-refractivity contribution is 5.94. The zero-order valence-electron chi connectivity index (χ0n) is 21.6. The summed E-state index contributed by atoms with van der Waals surface area (Å²) in [6.45, 7) is -0.755. The van der Waals surface area contributed by atoms with Gasteiger partial charge >= 0.3 is 5.97 Å². The first-order valence-electron chi connectivity index (χ1n) is 12.8. The van der Waals surface area contributed by atoms with Gasteiger partial charge in [0, 0.05) is 18.0 Å². The van der Waals surface area contributed by atoms with Crippen molar-refractivity contribution in [2.24, 2.45) is 0 Å². The zero-order chi connectivity index (χ0) is 28.6. The van der Waals surface area contributed by atoms with E-state index >= 15 is 0 Å². The molecule has 3 atom stereocenters. The van der Waals surface area contributed by atoms with Crippen molar-refractivity contribution in [3.05, 3.63) is 96.2 Å². The number of hydrogen-bond acceptors (Lipinski definition) is 7. The molecule has 3 unspecified atom stereocenters. The van der Waals surface area contributed by atoms with Crippen molar-refractivity contribution in [3.63, 3.8) is 0 Å². The maximum absolute atomic E-state index is 13.4. The molecule has 0 aliphatic rings. The summed E-state index contributed by atoms with van der Waals surface area (Å²) < 4.78 is 1.22. The summed E-state index contributed by atoms with van der Waals surface area (Å²) in [5.41, 5.74) is 3.52. The predicted molar refractivity (Wildman–Crippen MR) is 148 cm³/mol. The van der Waals surface area contributed by atoms with E-state index < -0.39 is 36.7 Å². The first-order valence-corrected chi connectivity index (χ1v) is 12.8. The molecular weight excluding hydrogens is 514 g/mol. The number of phenolic OH excluding ortho intramolecular Hbond substituents is 1. The van der Waals surface area contributed by atoms with E-state index in [1.165, 1.54) is 16.8 Å². The molecule has 1 heterocycles. The van der Waals surface area contributed by atoms with Crippen LogP contribution in [-0.2, 0) is 17.8 Å². The molecule has 6 N–H and O–H groups in total. The second-order valence-electron chi connectivity index (χ2n) is 9.48. The van der Waals surface area contributed by atoms with Gasteiger partial charge in [-0.2, -0.15) is 5.10 Å². The fourth-order valence-electron chi connectivity index (χ4n) is 4.39. The van der Waals surface area contributed by atoms with Gasteiger partial charge in [0.15, 0.2) is 6.10 Å². The topological polar surface area (TPSA) is 165 Å². The normalized spacial score (nSPS) is 13.4. The van der Waals surface area contributed by atoms with Gasteiger partial charge in [-0.15, -0.1) is 0 Å². The van der Waals surface area contributed by atoms with Gasteiger partial charge in [0.2, 0.25) is 0 Å². The number of aliphatic hydroxyl groups is 3. The van der Waals surface area contributed by atoms with Crippen molar-refractivity contribution in [1.29, 1.82) is 0 Å². The lowest BCUT2D eigenvalue weighted by molar-refractivity contribution is -0.147. The number of aromatic nitrogens is 2. The molecular formula is C30H31N3O7. The fraction of sp³-hybridized carbons (Fsp3) is 0.233. The summed E-state index contributed by atoms with van der Waals surface area (Å²) in [6.07, 6.45) is -2.91. The Balaban J connectivity index is 1.59. The number of carbonyl (C=O) groups excluding carboxylic acids is 1. The van der Waals surface area contributed by atoms with E-state index in [9.17, 15) is 35.1 Å². The van der Waals surface area contributed by atoms with Crippen LogP contribution in [0.1, 0.15) is 22.5 Å². The van der Waals surface area contributed by atoms with E-state index in [1.807, 2.05) is 54.6 Å². The number of carbonyl (C=O) groups is 2. The van der Waals surface area contributed by atoms with Crippen LogP contribution >= 0.6 is 0 Å². The van der Waals surface area contributed by atoms with E-state index in [4.69, 9.17) is 0 Å². The highest BCUT2D eigenvalue weighted by Gasteiger charge is 2.25. The maximum Gasteiger partial charge on any atom is 0.332 e. The summed E-state index contributed by atoms with van der Waals surface area (Å²) in [7, 11) is 0. The minimum atomic E-state index is -1.70. The number of aromatic hydroxyl groups is 1. The molecule has 0 aliphatic heterocycles. The Kier molecular flexibility index (Phi) is 9.28. The number of para-hydroxylation sites is 1. The number of hydrogen-bond donors (Lipinski definition) is 6. The summed E-state index contributed by atoms with van der Waals surface area (Å²) >= 11 is 0. The molecule has 208 valence electrons. The minimum Gasteiger partial charge on any atom is -0.507 e. The first kappa shape index (κ1) is 28.5. The van der Waals surface area contributed by atoms with Crippen LogP contribution in [0.4, 0.5) is 0 Å². The number of nitrogens with zero attached hydrogens (tertiary/aromatic N) is 2. The van der Waals surface area contributed by atoms with Crippen molar-refractivity contribution in [2.75, 3.05) is 6.61 Å². The Morgan fingerprint density at radius 1 is 0.900 bits per heavy atom. The number of carboxylic acids is 1. The molecule has 10 heteroatoms. The Morgan fingerprint density at radius 3 is 2.20 bits per heavy atom. The van der Waals surface area contributed by atoms with Crippen molar-refractivity contribution < 1.29 is 35.1 Å². The summed E-state index contributed by atoms with van der Waals surface area (Å²) in [5, 5.41) is 56.1. The third-order valence-electron chi connectivity index (χ3n) is 6.46. The van der Waals surface area contributed by atoms with E-state index in [0.29, 0.717) is 5.56 Å². The lowest BCUT2D eigenvalue weighted by Crippen LogP contribution is -2.41. The number of benzene rings is 3. The number of nitrogens with one attached hydrogen (secondary N) is 1. The second kappa shape index (κ2) is 13.0. The zero-order valence-corrected chi connectivity index (χ0v) is 21.6. The van der Waals surface area contributed by atoms with Gasteiger partial charge in [-0.05, 0) is 41.3 Å². The second-order valence-corrected chi connectivity index (χ2v) is 9.48. The van der Waals surface area contributed by atoms with Gasteiger partial charge in [-0.1, -0.05) is 66.7 Å². The standard InChI is InChI=1S/C30H31N3O7/c34-18-23(35)17-33-26(16-25(32-33)24-8-4-5-9-27(24)36)29(38)31-22(15-28(37)30(39)40)14-19-10-12-21(13-11-19)20-6-2-1-3-7-20/h1-13,16,22-23,28,34-37H,14-15,17-18H2,(H,31,38)(H,39,40). The number of phenols is 1. The van der Waals surface area contributed by atoms with Crippen LogP contribution < -0.4 is 5.32 Å². The van der Waals surface area contributed by atoms with E-state index in [0.717, 1.165) is 16.7 Å². The van der Waals surface area contributed by atoms with Crippen LogP contribution in [0, 0.1) is 0 Å².